The van der Waals surface area contributed by atoms with Gasteiger partial charge in [0.1, 0.15) is 5.51 Å². The van der Waals surface area contributed by atoms with Crippen LogP contribution < -0.4 is 5.32 Å². The molecule has 0 spiro atoms. The summed E-state index contributed by atoms with van der Waals surface area (Å²) in [6, 6.07) is 0.268. The number of benzene rings is 1. The molecule has 0 saturated carbocycles. The van der Waals surface area contributed by atoms with E-state index in [4.69, 9.17) is 0 Å². The SMILES string of the molecule is O=C(Nc1nncs1)c1cc(F)c(F)c(F)c1F. The van der Waals surface area contributed by atoms with Crippen LogP contribution in [0.1, 0.15) is 10.4 Å². The molecule has 1 heterocycles. The third kappa shape index (κ3) is 2.16. The van der Waals surface area contributed by atoms with Gasteiger partial charge < -0.3 is 0 Å². The standard InChI is InChI=1S/C9H3F4N3OS/c10-4-1-3(5(11)7(13)6(4)12)8(17)15-9-16-14-2-18-9/h1-2H,(H,15,16,17). The lowest BCUT2D eigenvalue weighted by Gasteiger charge is -2.05. The molecule has 4 nitrogen and oxygen atoms in total. The minimum absolute atomic E-state index is 0.0181. The van der Waals surface area contributed by atoms with Crippen molar-refractivity contribution in [1.29, 1.82) is 0 Å². The summed E-state index contributed by atoms with van der Waals surface area (Å²) in [5, 5.41) is 8.90. The molecule has 2 aromatic rings. The van der Waals surface area contributed by atoms with Gasteiger partial charge in [-0.1, -0.05) is 11.3 Å². The second-order valence-electron chi connectivity index (χ2n) is 3.05. The summed E-state index contributed by atoms with van der Waals surface area (Å²) in [4.78, 5) is 11.5. The van der Waals surface area contributed by atoms with Gasteiger partial charge in [0.25, 0.3) is 5.91 Å². The Kier molecular flexibility index (Phi) is 3.24. The number of halogens is 4. The highest BCUT2D eigenvalue weighted by Crippen LogP contribution is 2.20. The van der Waals surface area contributed by atoms with Crippen LogP contribution in [0.3, 0.4) is 0 Å². The third-order valence-corrected chi connectivity index (χ3v) is 2.53. The second-order valence-corrected chi connectivity index (χ2v) is 3.88. The van der Waals surface area contributed by atoms with Crippen molar-refractivity contribution in [3.63, 3.8) is 0 Å². The van der Waals surface area contributed by atoms with Crippen LogP contribution in [0.5, 0.6) is 0 Å². The summed E-state index contributed by atoms with van der Waals surface area (Å²) < 4.78 is 51.7. The Morgan fingerprint density at radius 2 is 1.89 bits per heavy atom. The summed E-state index contributed by atoms with van der Waals surface area (Å²) in [5.74, 6) is -8.59. The van der Waals surface area contributed by atoms with E-state index in [0.29, 0.717) is 0 Å². The molecule has 1 N–H and O–H groups in total. The van der Waals surface area contributed by atoms with Gasteiger partial charge >= 0.3 is 0 Å². The molecule has 0 bridgehead atoms. The quantitative estimate of drug-likeness (QED) is 0.521. The summed E-state index contributed by atoms with van der Waals surface area (Å²) in [7, 11) is 0. The normalized spacial score (nSPS) is 10.4. The van der Waals surface area contributed by atoms with Gasteiger partial charge in [0.05, 0.1) is 5.56 Å². The van der Waals surface area contributed by atoms with Crippen LogP contribution in [0, 0.1) is 23.3 Å². The van der Waals surface area contributed by atoms with Crippen molar-refractivity contribution in [2.45, 2.75) is 0 Å². The van der Waals surface area contributed by atoms with E-state index < -0.39 is 34.7 Å². The third-order valence-electron chi connectivity index (χ3n) is 1.93. The maximum Gasteiger partial charge on any atom is 0.260 e. The van der Waals surface area contributed by atoms with E-state index in [0.717, 1.165) is 11.3 Å². The van der Waals surface area contributed by atoms with Gasteiger partial charge in [0.2, 0.25) is 5.13 Å². The Hall–Kier alpha value is -2.03. The molecular weight excluding hydrogens is 274 g/mol. The highest BCUT2D eigenvalue weighted by molar-refractivity contribution is 7.13. The van der Waals surface area contributed by atoms with E-state index >= 15 is 0 Å². The zero-order chi connectivity index (χ0) is 13.3. The first-order valence-corrected chi connectivity index (χ1v) is 5.29. The molecule has 94 valence electrons. The number of hydrogen-bond acceptors (Lipinski definition) is 4. The average Bonchev–Trinajstić information content (AvgIpc) is 2.83. The average molecular weight is 277 g/mol. The molecule has 9 heteroatoms. The van der Waals surface area contributed by atoms with Gasteiger partial charge in [0, 0.05) is 0 Å². The molecule has 18 heavy (non-hydrogen) atoms. The number of hydrogen-bond donors (Lipinski definition) is 1. The smallest absolute Gasteiger partial charge is 0.260 e. The van der Waals surface area contributed by atoms with Crippen molar-refractivity contribution in [1.82, 2.24) is 10.2 Å². The molecule has 0 fully saturated rings. The molecular formula is C9H3F4N3OS. The maximum absolute atomic E-state index is 13.2. The molecule has 0 unspecified atom stereocenters. The lowest BCUT2D eigenvalue weighted by atomic mass is 10.1. The molecule has 0 atom stereocenters. The second kappa shape index (κ2) is 4.69. The number of rotatable bonds is 2. The van der Waals surface area contributed by atoms with E-state index in [9.17, 15) is 22.4 Å². The van der Waals surface area contributed by atoms with Crippen LogP contribution in [0.25, 0.3) is 0 Å². The van der Waals surface area contributed by atoms with Crippen LogP contribution in [-0.4, -0.2) is 16.1 Å². The molecule has 1 aromatic heterocycles. The molecule has 1 amide bonds. The number of aromatic nitrogens is 2. The van der Waals surface area contributed by atoms with E-state index in [1.807, 2.05) is 0 Å². The van der Waals surface area contributed by atoms with Gasteiger partial charge in [0.15, 0.2) is 23.3 Å². The van der Waals surface area contributed by atoms with Gasteiger partial charge in [-0.2, -0.15) is 0 Å². The van der Waals surface area contributed by atoms with Gasteiger partial charge in [-0.3, -0.25) is 10.1 Å². The number of amides is 1. The van der Waals surface area contributed by atoms with E-state index in [1.54, 1.807) is 0 Å². The van der Waals surface area contributed by atoms with Crippen molar-refractivity contribution in [3.8, 4) is 0 Å². The van der Waals surface area contributed by atoms with Crippen molar-refractivity contribution < 1.29 is 22.4 Å². The largest absolute Gasteiger partial charge is 0.296 e. The topological polar surface area (TPSA) is 54.9 Å². The van der Waals surface area contributed by atoms with Crippen LogP contribution in [0.2, 0.25) is 0 Å². The summed E-state index contributed by atoms with van der Waals surface area (Å²) in [5.41, 5.74) is 0.333. The first kappa shape index (κ1) is 12.4. The Bertz CT molecular complexity index is 602. The molecule has 2 rings (SSSR count). The highest BCUT2D eigenvalue weighted by Gasteiger charge is 2.23. The fourth-order valence-corrected chi connectivity index (χ4v) is 1.57. The minimum Gasteiger partial charge on any atom is -0.296 e. The molecule has 0 aliphatic carbocycles. The fourth-order valence-electron chi connectivity index (χ4n) is 1.13. The zero-order valence-corrected chi connectivity index (χ0v) is 9.19. The maximum atomic E-state index is 13.2. The van der Waals surface area contributed by atoms with Crippen LogP contribution in [0.4, 0.5) is 22.7 Å². The fraction of sp³-hybridized carbons (Fsp3) is 0. The van der Waals surface area contributed by atoms with Crippen LogP contribution in [0.15, 0.2) is 11.6 Å². The van der Waals surface area contributed by atoms with Crippen LogP contribution >= 0.6 is 11.3 Å². The first-order chi connectivity index (χ1) is 8.50. The number of carbonyl (C=O) groups is 1. The Morgan fingerprint density at radius 1 is 1.17 bits per heavy atom. The predicted octanol–water partition coefficient (Wildman–Crippen LogP) is 2.35. The van der Waals surface area contributed by atoms with E-state index in [1.165, 1.54) is 5.51 Å². The number of nitrogens with one attached hydrogen (secondary N) is 1. The summed E-state index contributed by atoms with van der Waals surface area (Å²) in [6.07, 6.45) is 0. The summed E-state index contributed by atoms with van der Waals surface area (Å²) in [6.45, 7) is 0. The van der Waals surface area contributed by atoms with Crippen molar-refractivity contribution >= 4 is 22.4 Å². The number of carbonyl (C=O) groups excluding carboxylic acids is 1. The minimum atomic E-state index is -2.04. The highest BCUT2D eigenvalue weighted by atomic mass is 32.1. The van der Waals surface area contributed by atoms with E-state index in [2.05, 4.69) is 15.5 Å². The van der Waals surface area contributed by atoms with Crippen LogP contribution in [-0.2, 0) is 0 Å². The predicted molar refractivity (Wildman–Crippen MR) is 54.1 cm³/mol. The lowest BCUT2D eigenvalue weighted by Crippen LogP contribution is -2.16. The molecule has 1 aromatic carbocycles. The Labute approximate surface area is 101 Å². The number of nitrogens with zero attached hydrogens (tertiary/aromatic N) is 2. The molecule has 0 saturated heterocycles. The monoisotopic (exact) mass is 277 g/mol. The van der Waals surface area contributed by atoms with E-state index in [-0.39, 0.29) is 11.2 Å². The molecule has 0 aliphatic rings. The first-order valence-electron chi connectivity index (χ1n) is 4.41. The van der Waals surface area contributed by atoms with Crippen molar-refractivity contribution in [3.05, 3.63) is 40.4 Å². The Morgan fingerprint density at radius 3 is 2.50 bits per heavy atom. The molecule has 0 aliphatic heterocycles. The number of anilines is 1. The lowest BCUT2D eigenvalue weighted by molar-refractivity contribution is 0.102. The zero-order valence-electron chi connectivity index (χ0n) is 8.38. The Balaban J connectivity index is 2.36. The molecule has 0 radical (unpaired) electrons. The van der Waals surface area contributed by atoms with Crippen molar-refractivity contribution in [2.24, 2.45) is 0 Å². The summed E-state index contributed by atoms with van der Waals surface area (Å²) >= 11 is 0.925. The van der Waals surface area contributed by atoms with Crippen molar-refractivity contribution in [2.75, 3.05) is 5.32 Å². The van der Waals surface area contributed by atoms with Gasteiger partial charge in [-0.05, 0) is 6.07 Å². The van der Waals surface area contributed by atoms with Gasteiger partial charge in [-0.15, -0.1) is 10.2 Å². The van der Waals surface area contributed by atoms with Gasteiger partial charge in [-0.25, -0.2) is 17.6 Å².